The van der Waals surface area contributed by atoms with Crippen molar-refractivity contribution < 1.29 is 203 Å². The van der Waals surface area contributed by atoms with Crippen LogP contribution in [0.4, 0.5) is 0 Å². The van der Waals surface area contributed by atoms with E-state index in [0.29, 0.717) is 0 Å². The van der Waals surface area contributed by atoms with E-state index in [0.717, 1.165) is 13.8 Å². The van der Waals surface area contributed by atoms with Gasteiger partial charge in [-0.2, -0.15) is 0 Å². The molecule has 8 saturated heterocycles. The van der Waals surface area contributed by atoms with Crippen molar-refractivity contribution in [2.45, 2.75) is 292 Å². The zero-order chi connectivity index (χ0) is 72.6. The average Bonchev–Trinajstić information content (AvgIpc) is 0.762. The molecule has 0 saturated carbocycles. The first kappa shape index (κ1) is 80.6. The number of nitrogens with one attached hydrogen (secondary N) is 2. The van der Waals surface area contributed by atoms with Crippen molar-refractivity contribution in [2.75, 3.05) is 33.0 Å². The van der Waals surface area contributed by atoms with Crippen molar-refractivity contribution in [3.63, 3.8) is 0 Å². The second kappa shape index (κ2) is 33.8. The number of hydrogen-bond donors (Lipinski definition) is 25. The van der Waals surface area contributed by atoms with Crippen LogP contribution in [0.25, 0.3) is 0 Å². The average molecular weight is 1440 g/mol. The molecule has 8 rings (SSSR count). The van der Waals surface area contributed by atoms with E-state index >= 15 is 0 Å². The van der Waals surface area contributed by atoms with E-state index in [-0.39, 0.29) is 0 Å². The van der Waals surface area contributed by atoms with E-state index in [9.17, 15) is 132 Å². The lowest BCUT2D eigenvalue weighted by atomic mass is 9.90. The Balaban J connectivity index is 1.05. The van der Waals surface area contributed by atoms with Gasteiger partial charge in [0.2, 0.25) is 11.8 Å². The van der Waals surface area contributed by atoms with E-state index < -0.39 is 308 Å². The van der Waals surface area contributed by atoms with Crippen molar-refractivity contribution in [1.29, 1.82) is 0 Å². The largest absolute Gasteiger partial charge is 0.477 e. The summed E-state index contributed by atoms with van der Waals surface area (Å²) in [5.74, 6) is -7.26. The predicted octanol–water partition coefficient (Wildman–Crippen LogP) is -15.9. The van der Waals surface area contributed by atoms with Gasteiger partial charge in [-0.3, -0.25) is 9.59 Å². The Labute approximate surface area is 555 Å². The number of ether oxygens (including phenoxy) is 15. The van der Waals surface area contributed by atoms with Gasteiger partial charge >= 0.3 is 5.97 Å². The Morgan fingerprint density at radius 1 is 0.429 bits per heavy atom. The number of aliphatic carboxylic acids is 1. The minimum absolute atomic E-state index is 0.931. The van der Waals surface area contributed by atoms with Gasteiger partial charge in [-0.1, -0.05) is 0 Å². The number of carboxylic acid groups (broad SMARTS) is 1. The summed E-state index contributed by atoms with van der Waals surface area (Å²) in [5, 5.41) is 256. The fourth-order valence-corrected chi connectivity index (χ4v) is 12.6. The van der Waals surface area contributed by atoms with E-state index in [4.69, 9.17) is 71.1 Å². The van der Waals surface area contributed by atoms with Crippen molar-refractivity contribution in [1.82, 2.24) is 10.6 Å². The Morgan fingerprint density at radius 2 is 0.867 bits per heavy atom. The lowest BCUT2D eigenvalue weighted by molar-refractivity contribution is -0.400. The maximum Gasteiger partial charge on any atom is 0.364 e. The molecule has 2 amide bonds. The van der Waals surface area contributed by atoms with E-state index in [1.165, 1.54) is 20.8 Å². The molecule has 0 unspecified atom stereocenters. The topological polar surface area (TPSA) is 679 Å². The molecule has 0 radical (unpaired) electrons. The summed E-state index contributed by atoms with van der Waals surface area (Å²) >= 11 is 0. The van der Waals surface area contributed by atoms with Gasteiger partial charge in [0.1, 0.15) is 177 Å². The third-order valence-electron chi connectivity index (χ3n) is 18.3. The van der Waals surface area contributed by atoms with Gasteiger partial charge in [0.05, 0.1) is 57.5 Å². The highest BCUT2D eigenvalue weighted by molar-refractivity contribution is 5.76. The van der Waals surface area contributed by atoms with Crippen molar-refractivity contribution in [3.8, 4) is 0 Å². The van der Waals surface area contributed by atoms with Crippen LogP contribution in [0.2, 0.25) is 0 Å². The quantitative estimate of drug-likeness (QED) is 0.0427. The highest BCUT2D eigenvalue weighted by atomic mass is 16.8. The van der Waals surface area contributed by atoms with Crippen LogP contribution in [0.5, 0.6) is 0 Å². The molecular formula is C55H92N2O41. The van der Waals surface area contributed by atoms with Gasteiger partial charge in [0.15, 0.2) is 44.0 Å². The van der Waals surface area contributed by atoms with Crippen LogP contribution in [0.15, 0.2) is 0 Å². The second-order valence-electron chi connectivity index (χ2n) is 25.3. The predicted molar refractivity (Wildman–Crippen MR) is 301 cm³/mol. The highest BCUT2D eigenvalue weighted by Crippen LogP contribution is 2.41. The molecule has 0 aliphatic carbocycles. The Kier molecular flexibility index (Phi) is 27.8. The van der Waals surface area contributed by atoms with Crippen LogP contribution in [0, 0.1) is 0 Å². The maximum absolute atomic E-state index is 13.6. The number of aliphatic hydroxyl groups excluding tert-OH is 22. The monoisotopic (exact) mass is 1440 g/mol. The van der Waals surface area contributed by atoms with Crippen molar-refractivity contribution in [2.24, 2.45) is 0 Å². The summed E-state index contributed by atoms with van der Waals surface area (Å²) in [6.07, 6.45) is -76.4. The molecule has 0 bridgehead atoms. The van der Waals surface area contributed by atoms with Crippen LogP contribution in [-0.4, -0.2) is 419 Å². The first-order valence-electron chi connectivity index (χ1n) is 31.3. The number of carbonyl (C=O) groups is 3. The normalized spacial score (nSPS) is 50.2. The maximum atomic E-state index is 13.6. The number of rotatable bonds is 24. The van der Waals surface area contributed by atoms with E-state index in [2.05, 4.69) is 10.6 Å². The van der Waals surface area contributed by atoms with Gasteiger partial charge < -0.3 is 199 Å². The second-order valence-corrected chi connectivity index (χ2v) is 25.3. The standard InChI is InChI=1S/C55H92N2O41/c1-12-25(65)33(73)36(76)49(85-12)96-44-27(67)14(3)87-52(40(44)80)89-18-6-55(54(82)83,98-45(30(18)70)28(68)17(64)7-58)84-11-22-31(71)43(24(47(81)88-22)57-16(5)63)95-48-23(56-15(4)62)32(72)41(20(9-60)91-48)94-53-46(97-50-37(77)34(74)26(66)13(2)86-50)39(79)42(21(10-61)92-53)93-51-38(78)35(75)29(69)19(8-59)90-51/h12-14,17-53,58-61,64-81H,6-11H2,1-5H3,(H,56,62)(H,57,63)(H,82,83)/t12-,13-,14-,17+,18-,19+,20+,21+,22+,23+,24+,25+,26+,27+,28+,29-,30+,31-,32+,33+,34+,35-,36-,37-,38+,39-,40-,41+,42-,43+,44+,45-,46+,47-,48-,49-,50-,51+,52-,53-,55+/m0/s1. The van der Waals surface area contributed by atoms with Crippen LogP contribution >= 0.6 is 0 Å². The molecule has 43 heteroatoms. The van der Waals surface area contributed by atoms with E-state index in [1.807, 2.05) is 0 Å². The van der Waals surface area contributed by atoms with Gasteiger partial charge in [-0.15, -0.1) is 0 Å². The van der Waals surface area contributed by atoms with Crippen LogP contribution in [0.3, 0.4) is 0 Å². The van der Waals surface area contributed by atoms with Crippen molar-refractivity contribution in [3.05, 3.63) is 0 Å². The number of carboxylic acids is 1. The molecular weight excluding hydrogens is 1340 g/mol. The molecule has 8 fully saturated rings. The number of amides is 2. The number of carbonyl (C=O) groups excluding carboxylic acids is 2. The Morgan fingerprint density at radius 3 is 1.39 bits per heavy atom. The lowest BCUT2D eigenvalue weighted by Gasteiger charge is -2.51. The molecule has 25 N–H and O–H groups in total. The molecule has 0 aromatic heterocycles. The summed E-state index contributed by atoms with van der Waals surface area (Å²) < 4.78 is 87.0. The zero-order valence-corrected chi connectivity index (χ0v) is 53.0. The third-order valence-corrected chi connectivity index (χ3v) is 18.3. The molecule has 43 nitrogen and oxygen atoms in total. The lowest BCUT2D eigenvalue weighted by Crippen LogP contribution is -2.71. The fourth-order valence-electron chi connectivity index (χ4n) is 12.6. The van der Waals surface area contributed by atoms with Gasteiger partial charge in [0.25, 0.3) is 5.79 Å². The molecule has 8 aliphatic heterocycles. The van der Waals surface area contributed by atoms with Gasteiger partial charge in [0, 0.05) is 20.3 Å². The third kappa shape index (κ3) is 17.0. The summed E-state index contributed by atoms with van der Waals surface area (Å²) in [5.41, 5.74) is 0. The summed E-state index contributed by atoms with van der Waals surface area (Å²) in [4.78, 5) is 39.3. The zero-order valence-electron chi connectivity index (χ0n) is 53.0. The molecule has 8 heterocycles. The molecule has 0 aromatic carbocycles. The molecule has 0 spiro atoms. The van der Waals surface area contributed by atoms with E-state index in [1.54, 1.807) is 0 Å². The van der Waals surface area contributed by atoms with Crippen LogP contribution in [0.1, 0.15) is 41.0 Å². The fraction of sp³-hybridized carbons (Fsp3) is 0.945. The minimum Gasteiger partial charge on any atom is -0.477 e. The molecule has 0 aromatic rings. The molecule has 8 aliphatic rings. The van der Waals surface area contributed by atoms with Gasteiger partial charge in [-0.25, -0.2) is 4.79 Å². The first-order chi connectivity index (χ1) is 46.0. The summed E-state index contributed by atoms with van der Waals surface area (Å²) in [7, 11) is 0. The first-order valence-corrected chi connectivity index (χ1v) is 31.3. The van der Waals surface area contributed by atoms with Crippen molar-refractivity contribution >= 4 is 17.8 Å². The Hall–Kier alpha value is -3.07. The number of aliphatic hydroxyl groups is 22. The molecule has 41 atom stereocenters. The smallest absolute Gasteiger partial charge is 0.364 e. The molecule has 98 heavy (non-hydrogen) atoms. The summed E-state index contributed by atoms with van der Waals surface area (Å²) in [6, 6.07) is -3.88. The van der Waals surface area contributed by atoms with Gasteiger partial charge in [-0.05, 0) is 20.8 Å². The van der Waals surface area contributed by atoms with Crippen LogP contribution < -0.4 is 10.6 Å². The van der Waals surface area contributed by atoms with Crippen LogP contribution in [-0.2, 0) is 85.4 Å². The molecule has 568 valence electrons. The SMILES string of the molecule is CC(=O)N[C@@H]1[C@@H](O[C@@H]2O[C@H](CO)[C@@H](O[C@@H]3O[C@H](CO)[C@H](O[C@H]4O[C@H](CO)[C@H](O)[C@H](O)[C@H]4O)[C@H](O)[C@H]3O[C@@H]3O[C@@H](C)[C@@H](O)[C@@H](O)[C@@H]3O)[C@H](O)[C@H]2NC(C)=O)[C@@H](O)[C@@H](CO[C@]2(C(=O)O)C[C@H](O[C@@H]3O[C@@H](C)[C@@H](O)[C@@H](O[C@@H]4O[C@@H](C)[C@@H](O)[C@@H](O)[C@@H]4O)[C@@H]3O)[C@@H](O)[C@H]([C@H](O)[C@H](O)CO)O2)O[C@@H]1O. The summed E-state index contributed by atoms with van der Waals surface area (Å²) in [6.45, 7) is -0.0736. The minimum atomic E-state index is -3.25. The highest BCUT2D eigenvalue weighted by Gasteiger charge is 2.62. The number of hydrogen-bond acceptors (Lipinski definition) is 40. The Bertz CT molecular complexity index is 2560.